The number of benzene rings is 1. The average Bonchev–Trinajstić information content (AvgIpc) is 3.09. The Labute approximate surface area is 143 Å². The summed E-state index contributed by atoms with van der Waals surface area (Å²) in [5, 5.41) is 4.42. The van der Waals surface area contributed by atoms with Gasteiger partial charge in [0, 0.05) is 21.1 Å². The fourth-order valence-corrected chi connectivity index (χ4v) is 5.72. The molecular weight excluding hydrogens is 362 g/mol. The Hall–Kier alpha value is -0.290. The fourth-order valence-electron chi connectivity index (χ4n) is 2.78. The summed E-state index contributed by atoms with van der Waals surface area (Å²) in [5.74, 6) is 0. The van der Waals surface area contributed by atoms with Gasteiger partial charge < -0.3 is 5.32 Å². The van der Waals surface area contributed by atoms with Gasteiger partial charge in [0.2, 0.25) is 0 Å². The van der Waals surface area contributed by atoms with E-state index in [1.165, 1.54) is 32.0 Å². The maximum Gasteiger partial charge on any atom is 0.0701 e. The molecule has 1 N–H and O–H groups in total. The quantitative estimate of drug-likeness (QED) is 0.743. The van der Waals surface area contributed by atoms with Gasteiger partial charge in [0.25, 0.3) is 0 Å². The first-order chi connectivity index (χ1) is 10.3. The Bertz CT molecular complexity index is 571. The summed E-state index contributed by atoms with van der Waals surface area (Å²) < 4.78 is 1.23. The predicted octanol–water partition coefficient (Wildman–Crippen LogP) is 5.14. The number of halogens is 1. The largest absolute Gasteiger partial charge is 0.313 e. The highest BCUT2D eigenvalue weighted by Gasteiger charge is 2.29. The van der Waals surface area contributed by atoms with Gasteiger partial charge in [0.05, 0.1) is 3.79 Å². The molecule has 2 atom stereocenters. The van der Waals surface area contributed by atoms with E-state index in [1.807, 2.05) is 11.3 Å². The van der Waals surface area contributed by atoms with Crippen molar-refractivity contribution in [1.29, 1.82) is 0 Å². The molecule has 1 aromatic carbocycles. The summed E-state index contributed by atoms with van der Waals surface area (Å²) in [6.07, 6.45) is 3.51. The third kappa shape index (κ3) is 3.92. The van der Waals surface area contributed by atoms with Crippen molar-refractivity contribution in [3.63, 3.8) is 0 Å². The van der Waals surface area contributed by atoms with E-state index in [0.717, 1.165) is 13.0 Å². The summed E-state index contributed by atoms with van der Waals surface area (Å²) >= 11 is 7.49. The van der Waals surface area contributed by atoms with Crippen molar-refractivity contribution in [2.24, 2.45) is 0 Å². The molecule has 1 aliphatic heterocycles. The molecule has 2 unspecified atom stereocenters. The van der Waals surface area contributed by atoms with Gasteiger partial charge in [-0.05, 0) is 65.5 Å². The Balaban J connectivity index is 1.71. The van der Waals surface area contributed by atoms with E-state index in [1.54, 1.807) is 0 Å². The van der Waals surface area contributed by atoms with E-state index in [9.17, 15) is 0 Å². The van der Waals surface area contributed by atoms with Crippen LogP contribution in [-0.2, 0) is 12.8 Å². The van der Waals surface area contributed by atoms with Gasteiger partial charge in [0.1, 0.15) is 0 Å². The van der Waals surface area contributed by atoms with E-state index in [4.69, 9.17) is 0 Å². The lowest BCUT2D eigenvalue weighted by Gasteiger charge is -2.23. The number of hydrogen-bond acceptors (Lipinski definition) is 3. The lowest BCUT2D eigenvalue weighted by Crippen LogP contribution is -2.40. The molecule has 2 heterocycles. The first kappa shape index (κ1) is 15.6. The van der Waals surface area contributed by atoms with E-state index in [-0.39, 0.29) is 0 Å². The maximum absolute atomic E-state index is 3.77. The standard InChI is InChI=1S/C17H20BrNS2/c1-2-9-19-14(11-13-7-8-17(18)20-13)16-10-12-5-3-4-6-15(12)21-16/h3-8,14,16,19H,2,9-11H2,1H3. The summed E-state index contributed by atoms with van der Waals surface area (Å²) in [6, 6.07) is 13.8. The number of thiophene rings is 1. The van der Waals surface area contributed by atoms with E-state index < -0.39 is 0 Å². The van der Waals surface area contributed by atoms with Gasteiger partial charge in [-0.2, -0.15) is 0 Å². The number of fused-ring (bicyclic) bond motifs is 1. The number of nitrogens with one attached hydrogen (secondary N) is 1. The Morgan fingerprint density at radius 2 is 2.14 bits per heavy atom. The van der Waals surface area contributed by atoms with Gasteiger partial charge in [-0.1, -0.05) is 25.1 Å². The lowest BCUT2D eigenvalue weighted by molar-refractivity contribution is 0.493. The van der Waals surface area contributed by atoms with E-state index >= 15 is 0 Å². The predicted molar refractivity (Wildman–Crippen MR) is 97.6 cm³/mol. The first-order valence-electron chi connectivity index (χ1n) is 7.48. The average molecular weight is 382 g/mol. The Morgan fingerprint density at radius 1 is 1.29 bits per heavy atom. The summed E-state index contributed by atoms with van der Waals surface area (Å²) in [4.78, 5) is 2.94. The maximum atomic E-state index is 3.77. The second-order valence-corrected chi connectivity index (χ2v) is 9.27. The van der Waals surface area contributed by atoms with Gasteiger partial charge in [-0.3, -0.25) is 0 Å². The minimum absolute atomic E-state index is 0.549. The zero-order valence-electron chi connectivity index (χ0n) is 12.1. The molecule has 1 aliphatic rings. The van der Waals surface area contributed by atoms with Crippen molar-refractivity contribution in [2.75, 3.05) is 6.54 Å². The van der Waals surface area contributed by atoms with Crippen LogP contribution in [0.5, 0.6) is 0 Å². The molecule has 0 aliphatic carbocycles. The molecule has 0 bridgehead atoms. The van der Waals surface area contributed by atoms with Crippen LogP contribution in [0, 0.1) is 0 Å². The zero-order valence-corrected chi connectivity index (χ0v) is 15.4. The molecule has 4 heteroatoms. The van der Waals surface area contributed by atoms with Crippen molar-refractivity contribution < 1.29 is 0 Å². The first-order valence-corrected chi connectivity index (χ1v) is 9.97. The van der Waals surface area contributed by atoms with Gasteiger partial charge >= 0.3 is 0 Å². The highest BCUT2D eigenvalue weighted by Crippen LogP contribution is 2.39. The minimum atomic E-state index is 0.549. The van der Waals surface area contributed by atoms with Crippen LogP contribution in [0.2, 0.25) is 0 Å². The van der Waals surface area contributed by atoms with Crippen LogP contribution in [0.15, 0.2) is 45.1 Å². The lowest BCUT2D eigenvalue weighted by atomic mass is 10.0. The van der Waals surface area contributed by atoms with Crippen LogP contribution in [0.25, 0.3) is 0 Å². The SMILES string of the molecule is CCCNC(Cc1ccc(Br)s1)C1Cc2ccccc2S1. The van der Waals surface area contributed by atoms with Gasteiger partial charge in [-0.25, -0.2) is 0 Å². The molecule has 0 fully saturated rings. The van der Waals surface area contributed by atoms with Gasteiger partial charge in [0.15, 0.2) is 0 Å². The smallest absolute Gasteiger partial charge is 0.0701 e. The van der Waals surface area contributed by atoms with Gasteiger partial charge in [-0.15, -0.1) is 23.1 Å². The van der Waals surface area contributed by atoms with Crippen LogP contribution in [0.3, 0.4) is 0 Å². The summed E-state index contributed by atoms with van der Waals surface area (Å²) in [6.45, 7) is 3.34. The van der Waals surface area contributed by atoms with Crippen molar-refractivity contribution in [1.82, 2.24) is 5.32 Å². The number of hydrogen-bond donors (Lipinski definition) is 1. The number of rotatable bonds is 6. The molecule has 0 saturated heterocycles. The molecule has 112 valence electrons. The van der Waals surface area contributed by atoms with Crippen LogP contribution in [-0.4, -0.2) is 17.8 Å². The topological polar surface area (TPSA) is 12.0 Å². The monoisotopic (exact) mass is 381 g/mol. The highest BCUT2D eigenvalue weighted by molar-refractivity contribution is 9.11. The van der Waals surface area contributed by atoms with E-state index in [2.05, 4.69) is 76.3 Å². The molecule has 21 heavy (non-hydrogen) atoms. The molecule has 0 saturated carbocycles. The molecule has 0 amide bonds. The Morgan fingerprint density at radius 3 is 2.86 bits per heavy atom. The van der Waals surface area contributed by atoms with Crippen molar-refractivity contribution in [3.8, 4) is 0 Å². The van der Waals surface area contributed by atoms with Crippen LogP contribution < -0.4 is 5.32 Å². The zero-order chi connectivity index (χ0) is 14.7. The van der Waals surface area contributed by atoms with Crippen molar-refractivity contribution in [2.45, 2.75) is 42.4 Å². The van der Waals surface area contributed by atoms with Crippen molar-refractivity contribution in [3.05, 3.63) is 50.6 Å². The third-order valence-electron chi connectivity index (χ3n) is 3.83. The molecule has 2 aromatic rings. The second kappa shape index (κ2) is 7.32. The van der Waals surface area contributed by atoms with Crippen LogP contribution in [0.1, 0.15) is 23.8 Å². The van der Waals surface area contributed by atoms with Crippen LogP contribution in [0.4, 0.5) is 0 Å². The number of thioether (sulfide) groups is 1. The molecule has 0 radical (unpaired) electrons. The normalized spacial score (nSPS) is 18.7. The fraction of sp³-hybridized carbons (Fsp3) is 0.412. The summed E-state index contributed by atoms with van der Waals surface area (Å²) in [7, 11) is 0. The molecule has 3 rings (SSSR count). The molecule has 1 nitrogen and oxygen atoms in total. The molecule has 0 spiro atoms. The molecular formula is C17H20BrNS2. The minimum Gasteiger partial charge on any atom is -0.313 e. The Kier molecular flexibility index (Phi) is 5.43. The summed E-state index contributed by atoms with van der Waals surface area (Å²) in [5.41, 5.74) is 1.52. The highest BCUT2D eigenvalue weighted by atomic mass is 79.9. The van der Waals surface area contributed by atoms with Crippen molar-refractivity contribution >= 4 is 39.0 Å². The van der Waals surface area contributed by atoms with Crippen LogP contribution >= 0.6 is 39.0 Å². The third-order valence-corrected chi connectivity index (χ3v) is 6.92. The molecule has 1 aromatic heterocycles. The second-order valence-electron chi connectivity index (χ2n) is 5.44. The van der Waals surface area contributed by atoms with E-state index in [0.29, 0.717) is 11.3 Å².